The number of nitrogens with one attached hydrogen (secondary N) is 1. The monoisotopic (exact) mass is 636 g/mol. The molecular formula is C32H38F2N8O4. The van der Waals surface area contributed by atoms with Gasteiger partial charge in [-0.2, -0.15) is 10.2 Å². The van der Waals surface area contributed by atoms with Crippen molar-refractivity contribution in [3.05, 3.63) is 54.4 Å². The van der Waals surface area contributed by atoms with E-state index in [-0.39, 0.29) is 36.9 Å². The van der Waals surface area contributed by atoms with E-state index in [2.05, 4.69) is 30.1 Å². The predicted octanol–water partition coefficient (Wildman–Crippen LogP) is 2.50. The minimum atomic E-state index is -3.15. The summed E-state index contributed by atoms with van der Waals surface area (Å²) in [4.78, 5) is 19.1. The molecule has 0 spiro atoms. The number of aliphatic hydroxyl groups excluding tert-OH is 2. The summed E-state index contributed by atoms with van der Waals surface area (Å²) in [5, 5.41) is 32.5. The summed E-state index contributed by atoms with van der Waals surface area (Å²) in [5.74, 6) is -2.47. The number of aliphatic hydroxyl groups is 2. The van der Waals surface area contributed by atoms with Crippen LogP contribution in [0.4, 0.5) is 26.1 Å². The number of hydrogen-bond acceptors (Lipinski definition) is 12. The number of halogens is 2. The molecule has 0 amide bonds. The molecule has 3 aliphatic heterocycles. The van der Waals surface area contributed by atoms with Gasteiger partial charge >= 0.3 is 0 Å². The molecule has 0 unspecified atom stereocenters. The first-order valence-electron chi connectivity index (χ1n) is 15.5. The van der Waals surface area contributed by atoms with Gasteiger partial charge in [-0.1, -0.05) is 0 Å². The highest BCUT2D eigenvalue weighted by Gasteiger charge is 2.46. The van der Waals surface area contributed by atoms with Crippen molar-refractivity contribution in [3.63, 3.8) is 0 Å². The maximum Gasteiger partial charge on any atom is 0.296 e. The molecule has 2 aromatic carbocycles. The number of aromatic nitrogens is 3. The Labute approximate surface area is 266 Å². The molecule has 14 heteroatoms. The average molecular weight is 637 g/mol. The molecule has 0 aliphatic carbocycles. The van der Waals surface area contributed by atoms with Crippen molar-refractivity contribution in [3.8, 4) is 23.2 Å². The fourth-order valence-corrected chi connectivity index (χ4v) is 6.22. The van der Waals surface area contributed by atoms with E-state index in [0.29, 0.717) is 29.9 Å². The zero-order chi connectivity index (χ0) is 32.3. The Morgan fingerprint density at radius 1 is 1.15 bits per heavy atom. The van der Waals surface area contributed by atoms with Crippen LogP contribution in [0.2, 0.25) is 0 Å². The highest BCUT2D eigenvalue weighted by Crippen LogP contribution is 2.34. The smallest absolute Gasteiger partial charge is 0.296 e. The van der Waals surface area contributed by atoms with Gasteiger partial charge < -0.3 is 29.9 Å². The van der Waals surface area contributed by atoms with E-state index in [1.807, 2.05) is 30.3 Å². The summed E-state index contributed by atoms with van der Waals surface area (Å²) >= 11 is 0. The van der Waals surface area contributed by atoms with Gasteiger partial charge in [0.05, 0.1) is 50.1 Å². The van der Waals surface area contributed by atoms with Crippen molar-refractivity contribution in [1.82, 2.24) is 24.8 Å². The summed E-state index contributed by atoms with van der Waals surface area (Å²) < 4.78 is 40.8. The van der Waals surface area contributed by atoms with Crippen LogP contribution in [0.1, 0.15) is 18.9 Å². The maximum atomic E-state index is 14.9. The molecule has 244 valence electrons. The number of piperazine rings is 1. The first-order valence-corrected chi connectivity index (χ1v) is 15.5. The maximum absolute atomic E-state index is 14.9. The number of nitriles is 1. The highest BCUT2D eigenvalue weighted by atomic mass is 19.3. The number of hydrogen-bond donors (Lipinski definition) is 3. The number of piperidine rings is 1. The lowest BCUT2D eigenvalue weighted by Crippen LogP contribution is -2.62. The second-order valence-corrected chi connectivity index (χ2v) is 12.1. The van der Waals surface area contributed by atoms with Gasteiger partial charge in [0.15, 0.2) is 11.9 Å². The van der Waals surface area contributed by atoms with Crippen LogP contribution in [-0.2, 0) is 4.74 Å². The van der Waals surface area contributed by atoms with E-state index in [1.54, 1.807) is 13.0 Å². The van der Waals surface area contributed by atoms with E-state index in [1.165, 1.54) is 23.4 Å². The molecule has 12 nitrogen and oxygen atoms in total. The standard InChI is InChI=1S/C32H38F2N8O4/c1-21(44)14-40-9-8-29(32(33,34)19-40)46-28-7-2-22(12-23(28)13-35)30-36-20-37-31(39-30)38-24-3-5-25(6-4-24)41-10-11-42(26(15-41)16-43)27-17-45-18-27/h2-7,12,20-21,26-27,29,43-44H,8-11,14-19H2,1H3,(H,36,37,38,39)/t21-,26+,29-/m0/s1. The molecule has 3 fully saturated rings. The molecule has 1 aromatic heterocycles. The van der Waals surface area contributed by atoms with Gasteiger partial charge in [0.2, 0.25) is 5.95 Å². The topological polar surface area (TPSA) is 143 Å². The molecular weight excluding hydrogens is 598 g/mol. The molecule has 3 N–H and O–H groups in total. The summed E-state index contributed by atoms with van der Waals surface area (Å²) in [6.07, 6.45) is -0.675. The van der Waals surface area contributed by atoms with E-state index >= 15 is 0 Å². The lowest BCUT2D eigenvalue weighted by molar-refractivity contribution is -0.142. The van der Waals surface area contributed by atoms with Crippen LogP contribution in [0.5, 0.6) is 5.75 Å². The third-order valence-corrected chi connectivity index (χ3v) is 8.65. The number of ether oxygens (including phenoxy) is 2. The van der Waals surface area contributed by atoms with Gasteiger partial charge in [-0.15, -0.1) is 0 Å². The quantitative estimate of drug-likeness (QED) is 0.301. The van der Waals surface area contributed by atoms with E-state index < -0.39 is 24.7 Å². The Balaban J connectivity index is 1.09. The van der Waals surface area contributed by atoms with Crippen molar-refractivity contribution in [2.45, 2.75) is 43.6 Å². The molecule has 3 aliphatic rings. The van der Waals surface area contributed by atoms with Crippen LogP contribution < -0.4 is 15.0 Å². The molecule has 3 atom stereocenters. The third-order valence-electron chi connectivity index (χ3n) is 8.65. The van der Waals surface area contributed by atoms with Crippen LogP contribution in [0.3, 0.4) is 0 Å². The third kappa shape index (κ3) is 7.19. The van der Waals surface area contributed by atoms with Crippen molar-refractivity contribution < 1.29 is 28.5 Å². The molecule has 0 saturated carbocycles. The normalized spacial score (nSPS) is 22.9. The number of alkyl halides is 2. The molecule has 3 aromatic rings. The van der Waals surface area contributed by atoms with Crippen molar-refractivity contribution in [2.75, 3.05) is 69.3 Å². The van der Waals surface area contributed by atoms with Crippen molar-refractivity contribution >= 4 is 17.3 Å². The highest BCUT2D eigenvalue weighted by molar-refractivity contribution is 5.64. The zero-order valence-corrected chi connectivity index (χ0v) is 25.6. The minimum Gasteiger partial charge on any atom is -0.483 e. The van der Waals surface area contributed by atoms with Gasteiger partial charge in [-0.05, 0) is 49.4 Å². The van der Waals surface area contributed by atoms with Gasteiger partial charge in [0.25, 0.3) is 5.92 Å². The van der Waals surface area contributed by atoms with Gasteiger partial charge in [-0.3, -0.25) is 9.80 Å². The average Bonchev–Trinajstić information content (AvgIpc) is 3.02. The first-order chi connectivity index (χ1) is 22.2. The fourth-order valence-electron chi connectivity index (χ4n) is 6.22. The number of anilines is 3. The fraction of sp³-hybridized carbons (Fsp3) is 0.500. The van der Waals surface area contributed by atoms with Gasteiger partial charge in [0.1, 0.15) is 18.1 Å². The number of nitrogens with zero attached hydrogens (tertiary/aromatic N) is 7. The Bertz CT molecular complexity index is 1540. The largest absolute Gasteiger partial charge is 0.483 e. The van der Waals surface area contributed by atoms with E-state index in [0.717, 1.165) is 44.2 Å². The second kappa shape index (κ2) is 13.8. The van der Waals surface area contributed by atoms with Crippen LogP contribution in [0.25, 0.3) is 11.4 Å². The zero-order valence-electron chi connectivity index (χ0n) is 25.6. The minimum absolute atomic E-state index is 0.0614. The Kier molecular flexibility index (Phi) is 9.57. The van der Waals surface area contributed by atoms with E-state index in [9.17, 15) is 24.3 Å². The Morgan fingerprint density at radius 3 is 2.63 bits per heavy atom. The van der Waals surface area contributed by atoms with Crippen LogP contribution in [0, 0.1) is 11.3 Å². The summed E-state index contributed by atoms with van der Waals surface area (Å²) in [6.45, 7) is 5.56. The number of benzene rings is 2. The second-order valence-electron chi connectivity index (χ2n) is 12.1. The summed E-state index contributed by atoms with van der Waals surface area (Å²) in [5.41, 5.74) is 2.43. The van der Waals surface area contributed by atoms with Gasteiger partial charge in [-0.25, -0.2) is 18.7 Å². The SMILES string of the molecule is C[C@H](O)CN1CC[C@H](Oc2ccc(-c3ncnc(Nc4ccc(N5CCN(C6COC6)[C@@H](CO)C5)cc4)n3)cc2C#N)C(F)(F)C1. The molecule has 0 radical (unpaired) electrons. The summed E-state index contributed by atoms with van der Waals surface area (Å²) in [7, 11) is 0. The molecule has 46 heavy (non-hydrogen) atoms. The number of likely N-dealkylation sites (tertiary alicyclic amines) is 1. The van der Waals surface area contributed by atoms with Crippen LogP contribution in [0.15, 0.2) is 48.8 Å². The Morgan fingerprint density at radius 2 is 1.96 bits per heavy atom. The van der Waals surface area contributed by atoms with Crippen LogP contribution in [-0.4, -0.2) is 124 Å². The molecule has 4 heterocycles. The van der Waals surface area contributed by atoms with Crippen molar-refractivity contribution in [1.29, 1.82) is 5.26 Å². The van der Waals surface area contributed by atoms with Crippen LogP contribution >= 0.6 is 0 Å². The van der Waals surface area contributed by atoms with Gasteiger partial charge in [0, 0.05) is 56.1 Å². The predicted molar refractivity (Wildman–Crippen MR) is 166 cm³/mol. The van der Waals surface area contributed by atoms with Crippen molar-refractivity contribution in [2.24, 2.45) is 0 Å². The summed E-state index contributed by atoms with van der Waals surface area (Å²) in [6, 6.07) is 15.0. The molecule has 6 rings (SSSR count). The number of β-amino-alcohol motifs (C(OH)–C–C–N with tert-alkyl or cyclic N) is 1. The number of rotatable bonds is 10. The van der Waals surface area contributed by atoms with E-state index in [4.69, 9.17) is 9.47 Å². The lowest BCUT2D eigenvalue weighted by atomic mass is 10.0. The first kappa shape index (κ1) is 32.0. The lowest BCUT2D eigenvalue weighted by Gasteiger charge is -2.47. The molecule has 0 bridgehead atoms. The Hall–Kier alpha value is -4.00. The molecule has 3 saturated heterocycles.